The van der Waals surface area contributed by atoms with Gasteiger partial charge in [0.25, 0.3) is 0 Å². The predicted molar refractivity (Wildman–Crippen MR) is 78.2 cm³/mol. The summed E-state index contributed by atoms with van der Waals surface area (Å²) in [7, 11) is 0. The Hall–Kier alpha value is -1.08. The first-order chi connectivity index (χ1) is 9.54. The number of carbonyl (C=O) groups excluding carboxylic acids is 1. The lowest BCUT2D eigenvalue weighted by atomic mass is 10.1. The molecule has 5 nitrogen and oxygen atoms in total. The van der Waals surface area contributed by atoms with E-state index >= 15 is 0 Å². The molecule has 0 saturated heterocycles. The van der Waals surface area contributed by atoms with Gasteiger partial charge in [0.05, 0.1) is 18.7 Å². The van der Waals surface area contributed by atoms with Crippen LogP contribution in [0, 0.1) is 5.41 Å². The van der Waals surface area contributed by atoms with Gasteiger partial charge in [-0.05, 0) is 30.9 Å². The molecule has 1 saturated carbocycles. The van der Waals surface area contributed by atoms with Crippen molar-refractivity contribution in [2.45, 2.75) is 31.9 Å². The third-order valence-corrected chi connectivity index (χ3v) is 5.33. The van der Waals surface area contributed by atoms with Crippen molar-refractivity contribution in [2.24, 2.45) is 5.41 Å². The minimum absolute atomic E-state index is 0.00348. The first kappa shape index (κ1) is 15.3. The van der Waals surface area contributed by atoms with Crippen LogP contribution in [0.4, 0.5) is 0 Å². The fourth-order valence-electron chi connectivity index (χ4n) is 1.90. The van der Waals surface area contributed by atoms with Gasteiger partial charge < -0.3 is 9.84 Å². The zero-order valence-electron chi connectivity index (χ0n) is 11.3. The Kier molecular flexibility index (Phi) is 5.04. The van der Waals surface area contributed by atoms with Gasteiger partial charge in [0.2, 0.25) is 5.01 Å². The van der Waals surface area contributed by atoms with Gasteiger partial charge in [0, 0.05) is 11.1 Å². The smallest absolute Gasteiger partial charge is 0.367 e. The number of thiazole rings is 1. The summed E-state index contributed by atoms with van der Waals surface area (Å²) in [6, 6.07) is 0. The topological polar surface area (TPSA) is 76.5 Å². The number of ether oxygens (including phenoxy) is 1. The summed E-state index contributed by atoms with van der Waals surface area (Å²) in [6.45, 7) is 2.11. The van der Waals surface area contributed by atoms with E-state index in [0.717, 1.165) is 24.3 Å². The summed E-state index contributed by atoms with van der Waals surface area (Å²) in [6.07, 6.45) is 2.25. The molecular weight excluding hydrogens is 298 g/mol. The van der Waals surface area contributed by atoms with Crippen LogP contribution in [0.5, 0.6) is 0 Å². The molecule has 0 amide bonds. The van der Waals surface area contributed by atoms with Crippen LogP contribution in [0.15, 0.2) is 5.38 Å². The first-order valence-electron chi connectivity index (χ1n) is 6.46. The minimum Gasteiger partial charge on any atom is -0.481 e. The van der Waals surface area contributed by atoms with Gasteiger partial charge in [-0.25, -0.2) is 9.78 Å². The maximum atomic E-state index is 11.5. The molecule has 0 aromatic carbocycles. The molecule has 1 N–H and O–H groups in total. The van der Waals surface area contributed by atoms with E-state index in [0.29, 0.717) is 17.4 Å². The Bertz CT molecular complexity index is 496. The van der Waals surface area contributed by atoms with Gasteiger partial charge in [-0.2, -0.15) is 11.8 Å². The van der Waals surface area contributed by atoms with Crippen LogP contribution < -0.4 is 0 Å². The molecule has 20 heavy (non-hydrogen) atoms. The van der Waals surface area contributed by atoms with Crippen molar-refractivity contribution in [2.75, 3.05) is 12.4 Å². The number of aromatic nitrogens is 1. The molecule has 0 bridgehead atoms. The number of aliphatic carboxylic acids is 1. The molecule has 0 aliphatic heterocycles. The maximum Gasteiger partial charge on any atom is 0.367 e. The Morgan fingerprint density at radius 2 is 2.30 bits per heavy atom. The van der Waals surface area contributed by atoms with E-state index < -0.39 is 5.97 Å². The van der Waals surface area contributed by atoms with Crippen LogP contribution in [-0.2, 0) is 15.3 Å². The zero-order chi connectivity index (χ0) is 14.6. The highest BCUT2D eigenvalue weighted by atomic mass is 32.2. The van der Waals surface area contributed by atoms with Crippen molar-refractivity contribution < 1.29 is 19.4 Å². The number of esters is 1. The lowest BCUT2D eigenvalue weighted by molar-refractivity contribution is -0.138. The second-order valence-corrected chi connectivity index (χ2v) is 6.77. The zero-order valence-corrected chi connectivity index (χ0v) is 12.9. The molecule has 1 aromatic heterocycles. The Labute approximate surface area is 125 Å². The quantitative estimate of drug-likeness (QED) is 0.743. The highest BCUT2D eigenvalue weighted by Crippen LogP contribution is 2.51. The second kappa shape index (κ2) is 6.58. The number of nitrogens with zero attached hydrogens (tertiary/aromatic N) is 1. The molecule has 2 rings (SSSR count). The molecule has 7 heteroatoms. The van der Waals surface area contributed by atoms with E-state index in [-0.39, 0.29) is 17.8 Å². The molecule has 1 heterocycles. The fraction of sp³-hybridized carbons (Fsp3) is 0.615. The van der Waals surface area contributed by atoms with Gasteiger partial charge in [-0.15, -0.1) is 11.3 Å². The Morgan fingerprint density at radius 1 is 1.55 bits per heavy atom. The highest BCUT2D eigenvalue weighted by Gasteiger charge is 2.44. The van der Waals surface area contributed by atoms with Crippen molar-refractivity contribution in [1.82, 2.24) is 4.98 Å². The molecule has 0 atom stereocenters. The third-order valence-electron chi connectivity index (χ3n) is 3.14. The third kappa shape index (κ3) is 4.21. The number of rotatable bonds is 8. The van der Waals surface area contributed by atoms with Crippen LogP contribution in [0.2, 0.25) is 0 Å². The number of carboxylic acid groups (broad SMARTS) is 1. The number of carbonyl (C=O) groups is 2. The van der Waals surface area contributed by atoms with E-state index in [2.05, 4.69) is 4.98 Å². The van der Waals surface area contributed by atoms with Gasteiger partial charge in [0.15, 0.2) is 0 Å². The van der Waals surface area contributed by atoms with Crippen molar-refractivity contribution in [3.63, 3.8) is 0 Å². The highest BCUT2D eigenvalue weighted by molar-refractivity contribution is 7.98. The molecular formula is C13H17NO4S2. The second-order valence-electron chi connectivity index (χ2n) is 4.93. The molecule has 0 spiro atoms. The predicted octanol–water partition coefficient (Wildman–Crippen LogP) is 2.81. The minimum atomic E-state index is -0.721. The van der Waals surface area contributed by atoms with E-state index in [4.69, 9.17) is 9.84 Å². The SMILES string of the molecule is CCOC(=O)c1nc(CSCC2(CC(=O)O)CC2)cs1. The Balaban J connectivity index is 1.77. The Morgan fingerprint density at radius 3 is 2.90 bits per heavy atom. The van der Waals surface area contributed by atoms with E-state index in [1.165, 1.54) is 11.3 Å². The summed E-state index contributed by atoms with van der Waals surface area (Å²) in [4.78, 5) is 26.5. The molecule has 1 aliphatic carbocycles. The summed E-state index contributed by atoms with van der Waals surface area (Å²) in [5.74, 6) is 0.447. The summed E-state index contributed by atoms with van der Waals surface area (Å²) in [5.41, 5.74) is 0.852. The van der Waals surface area contributed by atoms with Gasteiger partial charge >= 0.3 is 11.9 Å². The van der Waals surface area contributed by atoms with Crippen LogP contribution in [0.25, 0.3) is 0 Å². The molecule has 0 unspecified atom stereocenters. The average molecular weight is 315 g/mol. The van der Waals surface area contributed by atoms with Crippen molar-refractivity contribution in [3.8, 4) is 0 Å². The lowest BCUT2D eigenvalue weighted by Crippen LogP contribution is -2.11. The van der Waals surface area contributed by atoms with Crippen LogP contribution in [0.1, 0.15) is 41.7 Å². The number of thioether (sulfide) groups is 1. The summed E-state index contributed by atoms with van der Waals surface area (Å²) in [5, 5.41) is 11.1. The van der Waals surface area contributed by atoms with E-state index in [1.807, 2.05) is 5.38 Å². The summed E-state index contributed by atoms with van der Waals surface area (Å²) < 4.78 is 4.89. The first-order valence-corrected chi connectivity index (χ1v) is 8.49. The molecule has 0 radical (unpaired) electrons. The average Bonchev–Trinajstić information content (AvgIpc) is 2.96. The molecule has 1 fully saturated rings. The van der Waals surface area contributed by atoms with Crippen molar-refractivity contribution in [1.29, 1.82) is 0 Å². The number of carboxylic acids is 1. The maximum absolute atomic E-state index is 11.5. The molecule has 1 aliphatic rings. The molecule has 1 aromatic rings. The number of hydrogen-bond donors (Lipinski definition) is 1. The van der Waals surface area contributed by atoms with E-state index in [9.17, 15) is 9.59 Å². The van der Waals surface area contributed by atoms with Crippen LogP contribution in [-0.4, -0.2) is 34.4 Å². The van der Waals surface area contributed by atoms with Gasteiger partial charge in [-0.1, -0.05) is 0 Å². The van der Waals surface area contributed by atoms with Gasteiger partial charge in [0.1, 0.15) is 0 Å². The standard InChI is InChI=1S/C13H17NO4S2/c1-2-18-12(17)11-14-9(7-20-11)6-19-8-13(3-4-13)5-10(15)16/h7H,2-6,8H2,1H3,(H,15,16). The fourth-order valence-corrected chi connectivity index (χ4v) is 4.00. The van der Waals surface area contributed by atoms with Crippen molar-refractivity contribution in [3.05, 3.63) is 16.1 Å². The van der Waals surface area contributed by atoms with Crippen LogP contribution >= 0.6 is 23.1 Å². The number of hydrogen-bond acceptors (Lipinski definition) is 6. The summed E-state index contributed by atoms with van der Waals surface area (Å²) >= 11 is 2.97. The van der Waals surface area contributed by atoms with Crippen molar-refractivity contribution >= 4 is 35.0 Å². The molecule has 110 valence electrons. The lowest BCUT2D eigenvalue weighted by Gasteiger charge is -2.10. The monoisotopic (exact) mass is 315 g/mol. The van der Waals surface area contributed by atoms with Crippen LogP contribution in [0.3, 0.4) is 0 Å². The van der Waals surface area contributed by atoms with E-state index in [1.54, 1.807) is 18.7 Å². The normalized spacial score (nSPS) is 15.8. The largest absolute Gasteiger partial charge is 0.481 e. The van der Waals surface area contributed by atoms with Gasteiger partial charge in [-0.3, -0.25) is 4.79 Å².